The van der Waals surface area contributed by atoms with Crippen molar-refractivity contribution in [1.29, 1.82) is 0 Å². The molecular weight excluding hydrogens is 324 g/mol. The highest BCUT2D eigenvalue weighted by atomic mass is 16.5. The molecule has 1 aliphatic rings. The maximum atomic E-state index is 12.4. The quantitative estimate of drug-likeness (QED) is 0.745. The Hall–Kier alpha value is -2.20. The normalized spacial score (nSPS) is 15.0. The van der Waals surface area contributed by atoms with Crippen LogP contribution in [0.4, 0.5) is 0 Å². The van der Waals surface area contributed by atoms with E-state index in [0.717, 1.165) is 30.0 Å². The van der Waals surface area contributed by atoms with Crippen LogP contribution < -0.4 is 5.32 Å². The highest BCUT2D eigenvalue weighted by Crippen LogP contribution is 2.20. The summed E-state index contributed by atoms with van der Waals surface area (Å²) in [6.07, 6.45) is 7.55. The van der Waals surface area contributed by atoms with Gasteiger partial charge in [0.15, 0.2) is 0 Å². The monoisotopic (exact) mass is 352 g/mol. The van der Waals surface area contributed by atoms with Crippen LogP contribution in [-0.4, -0.2) is 30.1 Å². The molecule has 1 aromatic carbocycles. The number of ether oxygens (including phenoxy) is 1. The van der Waals surface area contributed by atoms with Gasteiger partial charge in [0.25, 0.3) is 5.91 Å². The summed E-state index contributed by atoms with van der Waals surface area (Å²) in [6.45, 7) is 3.23. The lowest BCUT2D eigenvalue weighted by atomic mass is 9.98. The van der Waals surface area contributed by atoms with Gasteiger partial charge in [0.1, 0.15) is 0 Å². The third-order valence-corrected chi connectivity index (χ3v) is 4.91. The molecule has 1 amide bonds. The molecule has 1 heterocycles. The first-order valence-electron chi connectivity index (χ1n) is 9.67. The van der Waals surface area contributed by atoms with Gasteiger partial charge in [-0.3, -0.25) is 9.78 Å². The second-order valence-electron chi connectivity index (χ2n) is 6.94. The molecular formula is C22H28N2O2. The summed E-state index contributed by atoms with van der Waals surface area (Å²) >= 11 is 0. The minimum atomic E-state index is -0.0627. The molecule has 1 saturated carbocycles. The molecule has 1 aromatic heterocycles. The minimum Gasteiger partial charge on any atom is -0.378 e. The zero-order valence-electron chi connectivity index (χ0n) is 15.5. The number of carbonyl (C=O) groups is 1. The lowest BCUT2D eigenvalue weighted by Gasteiger charge is -2.21. The Bertz CT molecular complexity index is 709. The summed E-state index contributed by atoms with van der Waals surface area (Å²) in [5.74, 6) is -0.0627. The van der Waals surface area contributed by atoms with Crippen LogP contribution in [0.1, 0.15) is 54.6 Å². The second kappa shape index (κ2) is 9.48. The van der Waals surface area contributed by atoms with Gasteiger partial charge in [0, 0.05) is 18.7 Å². The maximum absolute atomic E-state index is 12.4. The number of carbonyl (C=O) groups excluding carboxylic acids is 1. The lowest BCUT2D eigenvalue weighted by Crippen LogP contribution is -2.27. The fourth-order valence-corrected chi connectivity index (χ4v) is 3.42. The molecule has 0 radical (unpaired) electrons. The number of pyridine rings is 1. The standard InChI is InChI=1S/C22H28N2O2/c1-17-20(13-14-21(24-17)18-9-4-2-5-10-18)22(25)23-15-8-16-26-19-11-6-3-7-12-19/h2,4-5,9-10,13-14,19H,3,6-8,11-12,15-16H2,1H3,(H,23,25). The summed E-state index contributed by atoms with van der Waals surface area (Å²) in [5, 5.41) is 2.98. The first-order valence-corrected chi connectivity index (χ1v) is 9.67. The van der Waals surface area contributed by atoms with Crippen LogP contribution in [0.3, 0.4) is 0 Å². The number of aryl methyl sites for hydroxylation is 1. The number of hydrogen-bond donors (Lipinski definition) is 1. The van der Waals surface area contributed by atoms with Crippen molar-refractivity contribution in [1.82, 2.24) is 10.3 Å². The fourth-order valence-electron chi connectivity index (χ4n) is 3.42. The van der Waals surface area contributed by atoms with Gasteiger partial charge in [-0.2, -0.15) is 0 Å². The first kappa shape index (κ1) is 18.6. The van der Waals surface area contributed by atoms with E-state index in [4.69, 9.17) is 4.74 Å². The largest absolute Gasteiger partial charge is 0.378 e. The van der Waals surface area contributed by atoms with Crippen molar-refractivity contribution in [3.63, 3.8) is 0 Å². The maximum Gasteiger partial charge on any atom is 0.253 e. The van der Waals surface area contributed by atoms with Gasteiger partial charge in [0.05, 0.1) is 23.1 Å². The minimum absolute atomic E-state index is 0.0627. The molecule has 26 heavy (non-hydrogen) atoms. The van der Waals surface area contributed by atoms with E-state index in [2.05, 4.69) is 10.3 Å². The summed E-state index contributed by atoms with van der Waals surface area (Å²) in [5.41, 5.74) is 3.34. The Kier molecular flexibility index (Phi) is 6.78. The highest BCUT2D eigenvalue weighted by molar-refractivity contribution is 5.95. The number of hydrogen-bond acceptors (Lipinski definition) is 3. The molecule has 0 bridgehead atoms. The van der Waals surface area contributed by atoms with Gasteiger partial charge in [-0.05, 0) is 38.3 Å². The predicted molar refractivity (Wildman–Crippen MR) is 104 cm³/mol. The molecule has 0 aliphatic heterocycles. The molecule has 0 saturated heterocycles. The second-order valence-corrected chi connectivity index (χ2v) is 6.94. The van der Waals surface area contributed by atoms with Crippen LogP contribution in [0.5, 0.6) is 0 Å². The molecule has 4 heteroatoms. The predicted octanol–water partition coefficient (Wildman–Crippen LogP) is 4.53. The van der Waals surface area contributed by atoms with Crippen LogP contribution >= 0.6 is 0 Å². The Morgan fingerprint density at radius 1 is 1.12 bits per heavy atom. The summed E-state index contributed by atoms with van der Waals surface area (Å²) in [7, 11) is 0. The average molecular weight is 352 g/mol. The fraction of sp³-hybridized carbons (Fsp3) is 0.455. The van der Waals surface area contributed by atoms with Crippen molar-refractivity contribution in [3.05, 3.63) is 53.7 Å². The topological polar surface area (TPSA) is 51.2 Å². The van der Waals surface area contributed by atoms with E-state index in [1.54, 1.807) is 0 Å². The number of benzene rings is 1. The SMILES string of the molecule is Cc1nc(-c2ccccc2)ccc1C(=O)NCCCOC1CCCCC1. The van der Waals surface area contributed by atoms with E-state index in [1.165, 1.54) is 32.1 Å². The number of rotatable bonds is 7. The molecule has 1 aliphatic carbocycles. The Labute approximate surface area is 156 Å². The molecule has 0 atom stereocenters. The van der Waals surface area contributed by atoms with Gasteiger partial charge in [-0.1, -0.05) is 49.6 Å². The van der Waals surface area contributed by atoms with Crippen molar-refractivity contribution in [2.75, 3.05) is 13.2 Å². The zero-order chi connectivity index (χ0) is 18.2. The van der Waals surface area contributed by atoms with Crippen molar-refractivity contribution in [2.24, 2.45) is 0 Å². The summed E-state index contributed by atoms with van der Waals surface area (Å²) < 4.78 is 5.90. The Morgan fingerprint density at radius 3 is 2.62 bits per heavy atom. The number of amides is 1. The van der Waals surface area contributed by atoms with Crippen molar-refractivity contribution >= 4 is 5.91 Å². The van der Waals surface area contributed by atoms with Crippen LogP contribution in [0.2, 0.25) is 0 Å². The average Bonchev–Trinajstić information content (AvgIpc) is 2.69. The molecule has 138 valence electrons. The van der Waals surface area contributed by atoms with E-state index >= 15 is 0 Å². The summed E-state index contributed by atoms with van der Waals surface area (Å²) in [4.78, 5) is 17.0. The molecule has 0 unspecified atom stereocenters. The zero-order valence-corrected chi connectivity index (χ0v) is 15.5. The van der Waals surface area contributed by atoms with Crippen LogP contribution in [0, 0.1) is 6.92 Å². The smallest absolute Gasteiger partial charge is 0.253 e. The highest BCUT2D eigenvalue weighted by Gasteiger charge is 2.14. The molecule has 1 N–H and O–H groups in total. The van der Waals surface area contributed by atoms with Crippen LogP contribution in [0.15, 0.2) is 42.5 Å². The van der Waals surface area contributed by atoms with Crippen LogP contribution in [0.25, 0.3) is 11.3 Å². The molecule has 3 rings (SSSR count). The first-order chi connectivity index (χ1) is 12.7. The summed E-state index contributed by atoms with van der Waals surface area (Å²) in [6, 6.07) is 13.8. The molecule has 4 nitrogen and oxygen atoms in total. The third-order valence-electron chi connectivity index (χ3n) is 4.91. The van der Waals surface area contributed by atoms with E-state index in [1.807, 2.05) is 49.4 Å². The Morgan fingerprint density at radius 2 is 1.88 bits per heavy atom. The van der Waals surface area contributed by atoms with Crippen LogP contribution in [-0.2, 0) is 4.74 Å². The number of aromatic nitrogens is 1. The van der Waals surface area contributed by atoms with E-state index in [9.17, 15) is 4.79 Å². The third kappa shape index (κ3) is 5.15. The van der Waals surface area contributed by atoms with Gasteiger partial charge >= 0.3 is 0 Å². The molecule has 1 fully saturated rings. The van der Waals surface area contributed by atoms with Gasteiger partial charge in [0.2, 0.25) is 0 Å². The van der Waals surface area contributed by atoms with Crippen molar-refractivity contribution < 1.29 is 9.53 Å². The number of nitrogens with zero attached hydrogens (tertiary/aromatic N) is 1. The van der Waals surface area contributed by atoms with E-state index < -0.39 is 0 Å². The lowest BCUT2D eigenvalue weighted by molar-refractivity contribution is 0.0273. The van der Waals surface area contributed by atoms with Gasteiger partial charge < -0.3 is 10.1 Å². The van der Waals surface area contributed by atoms with E-state index in [0.29, 0.717) is 18.2 Å². The van der Waals surface area contributed by atoms with Crippen molar-refractivity contribution in [2.45, 2.75) is 51.6 Å². The van der Waals surface area contributed by atoms with E-state index in [-0.39, 0.29) is 5.91 Å². The van der Waals surface area contributed by atoms with Crippen molar-refractivity contribution in [3.8, 4) is 11.3 Å². The molecule has 2 aromatic rings. The number of nitrogens with one attached hydrogen (secondary N) is 1. The van der Waals surface area contributed by atoms with Gasteiger partial charge in [-0.25, -0.2) is 0 Å². The van der Waals surface area contributed by atoms with Gasteiger partial charge in [-0.15, -0.1) is 0 Å². The Balaban J connectivity index is 1.45. The molecule has 0 spiro atoms.